The van der Waals surface area contributed by atoms with Crippen LogP contribution < -0.4 is 5.32 Å². The van der Waals surface area contributed by atoms with Gasteiger partial charge in [-0.05, 0) is 44.2 Å². The first-order valence-electron chi connectivity index (χ1n) is 6.89. The Morgan fingerprint density at radius 3 is 2.94 bits per heavy atom. The van der Waals surface area contributed by atoms with E-state index >= 15 is 0 Å². The highest BCUT2D eigenvalue weighted by Gasteiger charge is 2.36. The summed E-state index contributed by atoms with van der Waals surface area (Å²) in [6, 6.07) is 0.0857. The molecule has 0 aliphatic carbocycles. The molecule has 0 aromatic rings. The second-order valence-corrected chi connectivity index (χ2v) is 7.42. The van der Waals surface area contributed by atoms with Crippen LogP contribution in [-0.4, -0.2) is 39.1 Å². The summed E-state index contributed by atoms with van der Waals surface area (Å²) < 4.78 is 28.9. The lowest BCUT2D eigenvalue weighted by Gasteiger charge is -2.28. The van der Waals surface area contributed by atoms with E-state index < -0.39 is 9.84 Å². The fourth-order valence-electron chi connectivity index (χ4n) is 2.68. The summed E-state index contributed by atoms with van der Waals surface area (Å²) in [5.74, 6) is 1.77. The van der Waals surface area contributed by atoms with Gasteiger partial charge in [-0.15, -0.1) is 0 Å². The predicted molar refractivity (Wildman–Crippen MR) is 72.1 cm³/mol. The number of rotatable bonds is 5. The smallest absolute Gasteiger partial charge is 0.150 e. The van der Waals surface area contributed by atoms with E-state index in [1.54, 1.807) is 0 Å². The van der Waals surface area contributed by atoms with Crippen molar-refractivity contribution < 1.29 is 13.2 Å². The van der Waals surface area contributed by atoms with E-state index in [2.05, 4.69) is 18.3 Å². The van der Waals surface area contributed by atoms with Crippen molar-refractivity contribution in [1.29, 1.82) is 0 Å². The van der Waals surface area contributed by atoms with Crippen LogP contribution >= 0.6 is 0 Å². The lowest BCUT2D eigenvalue weighted by molar-refractivity contribution is 0.153. The number of nitrogens with one attached hydrogen (secondary N) is 1. The molecular weight excluding hydrogens is 250 g/mol. The van der Waals surface area contributed by atoms with Crippen LogP contribution in [0.15, 0.2) is 11.8 Å². The Labute approximate surface area is 110 Å². The first-order valence-corrected chi connectivity index (χ1v) is 8.71. The van der Waals surface area contributed by atoms with Gasteiger partial charge in [0.25, 0.3) is 0 Å². The van der Waals surface area contributed by atoms with Crippen LogP contribution in [0.3, 0.4) is 0 Å². The minimum absolute atomic E-state index is 0.0857. The maximum atomic E-state index is 11.6. The molecule has 0 bridgehead atoms. The van der Waals surface area contributed by atoms with Crippen LogP contribution in [0.5, 0.6) is 0 Å². The summed E-state index contributed by atoms with van der Waals surface area (Å²) in [4.78, 5) is 0. The summed E-state index contributed by atoms with van der Waals surface area (Å²) in [7, 11) is -2.83. The van der Waals surface area contributed by atoms with Gasteiger partial charge in [0.15, 0.2) is 9.84 Å². The van der Waals surface area contributed by atoms with E-state index in [-0.39, 0.29) is 12.0 Å². The predicted octanol–water partition coefficient (Wildman–Crippen LogP) is 1.48. The molecule has 0 aromatic carbocycles. The van der Waals surface area contributed by atoms with Crippen LogP contribution in [0.4, 0.5) is 0 Å². The number of hydrogen-bond acceptors (Lipinski definition) is 4. The topological polar surface area (TPSA) is 55.4 Å². The Hall–Kier alpha value is -0.550. The molecule has 4 nitrogen and oxygen atoms in total. The molecule has 104 valence electrons. The van der Waals surface area contributed by atoms with Gasteiger partial charge >= 0.3 is 0 Å². The SMILES string of the molecule is CCCNC(C1=CCCCO1)C1CCS(=O)(=O)C1. The maximum absolute atomic E-state index is 11.6. The number of hydrogen-bond donors (Lipinski definition) is 1. The van der Waals surface area contributed by atoms with E-state index in [0.29, 0.717) is 11.5 Å². The first-order chi connectivity index (χ1) is 8.62. The molecule has 2 atom stereocenters. The standard InChI is InChI=1S/C13H23NO3S/c1-2-7-14-13(12-5-3-4-8-17-12)11-6-9-18(15,16)10-11/h5,11,13-14H,2-4,6-10H2,1H3. The van der Waals surface area contributed by atoms with Gasteiger partial charge < -0.3 is 10.1 Å². The molecule has 1 saturated heterocycles. The minimum Gasteiger partial charge on any atom is -0.497 e. The average Bonchev–Trinajstić information content (AvgIpc) is 2.72. The van der Waals surface area contributed by atoms with Crippen molar-refractivity contribution in [2.75, 3.05) is 24.7 Å². The molecule has 5 heteroatoms. The molecular formula is C13H23NO3S. The maximum Gasteiger partial charge on any atom is 0.150 e. The second kappa shape index (κ2) is 6.06. The first kappa shape index (κ1) is 13.9. The quantitative estimate of drug-likeness (QED) is 0.824. The molecule has 2 heterocycles. The van der Waals surface area contributed by atoms with E-state index in [4.69, 9.17) is 4.74 Å². The van der Waals surface area contributed by atoms with E-state index in [1.165, 1.54) is 0 Å². The van der Waals surface area contributed by atoms with Crippen LogP contribution in [0.2, 0.25) is 0 Å². The van der Waals surface area contributed by atoms with Crippen LogP contribution in [0.25, 0.3) is 0 Å². The third-order valence-corrected chi connectivity index (χ3v) is 5.42. The highest BCUT2D eigenvalue weighted by molar-refractivity contribution is 7.91. The highest BCUT2D eigenvalue weighted by Crippen LogP contribution is 2.28. The molecule has 18 heavy (non-hydrogen) atoms. The summed E-state index contributed by atoms with van der Waals surface area (Å²) >= 11 is 0. The van der Waals surface area contributed by atoms with Gasteiger partial charge in [-0.25, -0.2) is 8.42 Å². The monoisotopic (exact) mass is 273 g/mol. The number of sulfone groups is 1. The largest absolute Gasteiger partial charge is 0.497 e. The number of allylic oxidation sites excluding steroid dienone is 1. The Balaban J connectivity index is 2.07. The summed E-state index contributed by atoms with van der Waals surface area (Å²) in [6.07, 6.45) is 6.03. The molecule has 0 spiro atoms. The van der Waals surface area contributed by atoms with Gasteiger partial charge in [-0.3, -0.25) is 0 Å². The normalized spacial score (nSPS) is 28.5. The van der Waals surface area contributed by atoms with Crippen molar-refractivity contribution in [3.05, 3.63) is 11.8 Å². The van der Waals surface area contributed by atoms with E-state index in [9.17, 15) is 8.42 Å². The van der Waals surface area contributed by atoms with Gasteiger partial charge in [0, 0.05) is 0 Å². The molecule has 2 unspecified atom stereocenters. The highest BCUT2D eigenvalue weighted by atomic mass is 32.2. The summed E-state index contributed by atoms with van der Waals surface area (Å²) in [6.45, 7) is 3.78. The Kier molecular flexibility index (Phi) is 4.67. The zero-order valence-electron chi connectivity index (χ0n) is 11.0. The lowest BCUT2D eigenvalue weighted by atomic mass is 9.95. The van der Waals surface area contributed by atoms with Gasteiger partial charge in [0.2, 0.25) is 0 Å². The summed E-state index contributed by atoms with van der Waals surface area (Å²) in [5.41, 5.74) is 0. The Bertz CT molecular complexity index is 402. The molecule has 0 radical (unpaired) electrons. The average molecular weight is 273 g/mol. The molecule has 1 N–H and O–H groups in total. The molecule has 1 fully saturated rings. The van der Waals surface area contributed by atoms with Gasteiger partial charge in [-0.2, -0.15) is 0 Å². The lowest BCUT2D eigenvalue weighted by Crippen LogP contribution is -2.40. The van der Waals surface area contributed by atoms with Gasteiger partial charge in [0.05, 0.1) is 24.2 Å². The van der Waals surface area contributed by atoms with E-state index in [1.807, 2.05) is 0 Å². The van der Waals surface area contributed by atoms with Crippen LogP contribution in [0, 0.1) is 5.92 Å². The zero-order chi connectivity index (χ0) is 13.0. The van der Waals surface area contributed by atoms with Gasteiger partial charge in [0.1, 0.15) is 5.76 Å². The Morgan fingerprint density at radius 1 is 1.56 bits per heavy atom. The fourth-order valence-corrected chi connectivity index (χ4v) is 4.52. The molecule has 0 aromatic heterocycles. The molecule has 2 rings (SSSR count). The molecule has 0 saturated carbocycles. The van der Waals surface area contributed by atoms with Crippen molar-refractivity contribution in [3.63, 3.8) is 0 Å². The minimum atomic E-state index is -2.83. The van der Waals surface area contributed by atoms with Crippen LogP contribution in [-0.2, 0) is 14.6 Å². The molecule has 2 aliphatic rings. The van der Waals surface area contributed by atoms with Crippen LogP contribution in [0.1, 0.15) is 32.6 Å². The Morgan fingerprint density at radius 2 is 2.39 bits per heavy atom. The second-order valence-electron chi connectivity index (χ2n) is 5.19. The van der Waals surface area contributed by atoms with Crippen molar-refractivity contribution in [2.24, 2.45) is 5.92 Å². The van der Waals surface area contributed by atoms with Gasteiger partial charge in [-0.1, -0.05) is 6.92 Å². The third kappa shape index (κ3) is 3.48. The van der Waals surface area contributed by atoms with Crippen molar-refractivity contribution in [2.45, 2.75) is 38.6 Å². The number of ether oxygens (including phenoxy) is 1. The van der Waals surface area contributed by atoms with E-state index in [0.717, 1.165) is 44.6 Å². The molecule has 0 amide bonds. The summed E-state index contributed by atoms with van der Waals surface area (Å²) in [5, 5.41) is 3.46. The third-order valence-electron chi connectivity index (χ3n) is 3.62. The fraction of sp³-hybridized carbons (Fsp3) is 0.846. The molecule has 2 aliphatic heterocycles. The van der Waals surface area contributed by atoms with Crippen molar-refractivity contribution in [3.8, 4) is 0 Å². The van der Waals surface area contributed by atoms with Crippen molar-refractivity contribution in [1.82, 2.24) is 5.32 Å². The van der Waals surface area contributed by atoms with Crippen molar-refractivity contribution >= 4 is 9.84 Å². The zero-order valence-corrected chi connectivity index (χ0v) is 11.8.